The summed E-state index contributed by atoms with van der Waals surface area (Å²) in [5, 5.41) is 9.72. The molecule has 0 fully saturated rings. The summed E-state index contributed by atoms with van der Waals surface area (Å²) in [6.45, 7) is 4.07. The summed E-state index contributed by atoms with van der Waals surface area (Å²) in [5.74, 6) is 1.48. The Morgan fingerprint density at radius 3 is 2.59 bits per heavy atom. The second-order valence-corrected chi connectivity index (χ2v) is 4.14. The predicted molar refractivity (Wildman–Crippen MR) is 68.8 cm³/mol. The number of hydrogen-bond acceptors (Lipinski definition) is 2. The average Bonchev–Trinajstić information content (AvgIpc) is 2.87. The molecule has 0 saturated heterocycles. The number of hydrogen-bond donors (Lipinski definition) is 1. The van der Waals surface area contributed by atoms with Gasteiger partial charge in [0.05, 0.1) is 0 Å². The van der Waals surface area contributed by atoms with E-state index in [4.69, 9.17) is 4.42 Å². The molecule has 0 radical (unpaired) electrons. The lowest BCUT2D eigenvalue weighted by Gasteiger charge is -2.05. The van der Waals surface area contributed by atoms with Crippen LogP contribution >= 0.6 is 0 Å². The van der Waals surface area contributed by atoms with Crippen LogP contribution in [0.2, 0.25) is 0 Å². The lowest BCUT2D eigenvalue weighted by molar-refractivity contribution is 0.147. The fourth-order valence-corrected chi connectivity index (χ4v) is 1.95. The Labute approximate surface area is 102 Å². The van der Waals surface area contributed by atoms with Crippen LogP contribution in [0.5, 0.6) is 0 Å². The highest BCUT2D eigenvalue weighted by molar-refractivity contribution is 5.62. The van der Waals surface area contributed by atoms with Gasteiger partial charge < -0.3 is 9.52 Å². The van der Waals surface area contributed by atoms with Crippen LogP contribution in [0.3, 0.4) is 0 Å². The summed E-state index contributed by atoms with van der Waals surface area (Å²) in [7, 11) is 0. The molecule has 1 aromatic heterocycles. The summed E-state index contributed by atoms with van der Waals surface area (Å²) in [4.78, 5) is 0. The van der Waals surface area contributed by atoms with Gasteiger partial charge in [-0.3, -0.25) is 0 Å². The first kappa shape index (κ1) is 11.9. The van der Waals surface area contributed by atoms with Gasteiger partial charge in [-0.1, -0.05) is 38.1 Å². The van der Waals surface area contributed by atoms with Crippen molar-refractivity contribution in [2.75, 3.05) is 0 Å². The first-order valence-electron chi connectivity index (χ1n) is 6.12. The number of aliphatic hydroxyl groups is 1. The van der Waals surface area contributed by atoms with Crippen molar-refractivity contribution in [2.45, 2.75) is 32.8 Å². The third-order valence-electron chi connectivity index (χ3n) is 3.01. The van der Waals surface area contributed by atoms with E-state index in [0.29, 0.717) is 12.2 Å². The van der Waals surface area contributed by atoms with Gasteiger partial charge in [0.1, 0.15) is 17.6 Å². The number of rotatable bonds is 4. The number of aryl methyl sites for hydroxylation is 1. The van der Waals surface area contributed by atoms with E-state index < -0.39 is 6.10 Å². The van der Waals surface area contributed by atoms with Crippen molar-refractivity contribution < 1.29 is 9.52 Å². The molecule has 2 aromatic rings. The summed E-state index contributed by atoms with van der Waals surface area (Å²) in [6, 6.07) is 12.0. The van der Waals surface area contributed by atoms with E-state index in [1.165, 1.54) is 5.56 Å². The van der Waals surface area contributed by atoms with Crippen molar-refractivity contribution in [3.8, 4) is 11.3 Å². The van der Waals surface area contributed by atoms with Crippen LogP contribution in [-0.4, -0.2) is 5.11 Å². The molecule has 0 aliphatic heterocycles. The van der Waals surface area contributed by atoms with E-state index in [0.717, 1.165) is 17.7 Å². The molecule has 2 heteroatoms. The molecule has 1 heterocycles. The summed E-state index contributed by atoms with van der Waals surface area (Å²) in [5.41, 5.74) is 2.38. The second-order valence-electron chi connectivity index (χ2n) is 4.14. The van der Waals surface area contributed by atoms with Crippen molar-refractivity contribution in [1.82, 2.24) is 0 Å². The van der Waals surface area contributed by atoms with Crippen LogP contribution in [0.25, 0.3) is 11.3 Å². The molecule has 0 bridgehead atoms. The molecular formula is C15H18O2. The van der Waals surface area contributed by atoms with Crippen LogP contribution in [0.1, 0.15) is 37.7 Å². The molecule has 2 nitrogen and oxygen atoms in total. The van der Waals surface area contributed by atoms with E-state index >= 15 is 0 Å². The average molecular weight is 230 g/mol. The Bertz CT molecular complexity index is 485. The molecule has 0 spiro atoms. The SMILES string of the molecule is CCc1ccccc1-c1ccc(C(O)CC)o1. The third kappa shape index (κ3) is 2.42. The Balaban J connectivity index is 2.37. The smallest absolute Gasteiger partial charge is 0.134 e. The van der Waals surface area contributed by atoms with Crippen molar-refractivity contribution in [2.24, 2.45) is 0 Å². The van der Waals surface area contributed by atoms with E-state index in [9.17, 15) is 5.11 Å². The van der Waals surface area contributed by atoms with E-state index in [2.05, 4.69) is 19.1 Å². The zero-order valence-corrected chi connectivity index (χ0v) is 10.3. The molecule has 2 rings (SSSR count). The van der Waals surface area contributed by atoms with Crippen molar-refractivity contribution >= 4 is 0 Å². The maximum atomic E-state index is 9.72. The van der Waals surface area contributed by atoms with Gasteiger partial charge in [-0.05, 0) is 30.5 Å². The van der Waals surface area contributed by atoms with Crippen LogP contribution in [0.4, 0.5) is 0 Å². The molecule has 1 N–H and O–H groups in total. The van der Waals surface area contributed by atoms with E-state index in [1.54, 1.807) is 0 Å². The second kappa shape index (κ2) is 5.19. The van der Waals surface area contributed by atoms with Gasteiger partial charge in [-0.15, -0.1) is 0 Å². The zero-order valence-electron chi connectivity index (χ0n) is 10.3. The molecule has 0 aliphatic carbocycles. The molecule has 1 atom stereocenters. The first-order valence-corrected chi connectivity index (χ1v) is 6.12. The summed E-state index contributed by atoms with van der Waals surface area (Å²) in [6.07, 6.45) is 1.14. The van der Waals surface area contributed by atoms with Crippen LogP contribution in [-0.2, 0) is 6.42 Å². The molecule has 0 aliphatic rings. The zero-order chi connectivity index (χ0) is 12.3. The topological polar surface area (TPSA) is 33.4 Å². The highest BCUT2D eigenvalue weighted by Gasteiger charge is 2.12. The van der Waals surface area contributed by atoms with Crippen molar-refractivity contribution in [3.63, 3.8) is 0 Å². The minimum absolute atomic E-state index is 0.502. The highest BCUT2D eigenvalue weighted by atomic mass is 16.4. The summed E-state index contributed by atoms with van der Waals surface area (Å²) >= 11 is 0. The Kier molecular flexibility index (Phi) is 3.64. The molecule has 90 valence electrons. The highest BCUT2D eigenvalue weighted by Crippen LogP contribution is 2.29. The largest absolute Gasteiger partial charge is 0.458 e. The molecular weight excluding hydrogens is 212 g/mol. The maximum Gasteiger partial charge on any atom is 0.134 e. The van der Waals surface area contributed by atoms with Crippen LogP contribution in [0.15, 0.2) is 40.8 Å². The maximum absolute atomic E-state index is 9.72. The van der Waals surface area contributed by atoms with Gasteiger partial charge in [0, 0.05) is 5.56 Å². The minimum Gasteiger partial charge on any atom is -0.458 e. The number of aliphatic hydroxyl groups excluding tert-OH is 1. The summed E-state index contributed by atoms with van der Waals surface area (Å²) < 4.78 is 5.71. The predicted octanol–water partition coefficient (Wildman–Crippen LogP) is 3.95. The lowest BCUT2D eigenvalue weighted by Crippen LogP contribution is -1.91. The monoisotopic (exact) mass is 230 g/mol. The number of benzene rings is 1. The van der Waals surface area contributed by atoms with Gasteiger partial charge in [-0.25, -0.2) is 0 Å². The van der Waals surface area contributed by atoms with Crippen molar-refractivity contribution in [3.05, 3.63) is 47.7 Å². The van der Waals surface area contributed by atoms with Gasteiger partial charge in [-0.2, -0.15) is 0 Å². The fraction of sp³-hybridized carbons (Fsp3) is 0.333. The van der Waals surface area contributed by atoms with Crippen LogP contribution < -0.4 is 0 Å². The van der Waals surface area contributed by atoms with Gasteiger partial charge in [0.25, 0.3) is 0 Å². The molecule has 0 saturated carbocycles. The first-order chi connectivity index (χ1) is 8.26. The van der Waals surface area contributed by atoms with Crippen LogP contribution in [0, 0.1) is 0 Å². The molecule has 1 unspecified atom stereocenters. The van der Waals surface area contributed by atoms with E-state index in [-0.39, 0.29) is 0 Å². The minimum atomic E-state index is -0.502. The fourth-order valence-electron chi connectivity index (χ4n) is 1.95. The Morgan fingerprint density at radius 2 is 1.88 bits per heavy atom. The normalized spacial score (nSPS) is 12.6. The van der Waals surface area contributed by atoms with Gasteiger partial charge in [0.2, 0.25) is 0 Å². The van der Waals surface area contributed by atoms with Gasteiger partial charge in [0.15, 0.2) is 0 Å². The Morgan fingerprint density at radius 1 is 1.12 bits per heavy atom. The third-order valence-corrected chi connectivity index (χ3v) is 3.01. The standard InChI is InChI=1S/C15H18O2/c1-3-11-7-5-6-8-12(11)14-9-10-15(17-14)13(16)4-2/h5-10,13,16H,3-4H2,1-2H3. The Hall–Kier alpha value is -1.54. The molecule has 0 amide bonds. The molecule has 1 aromatic carbocycles. The van der Waals surface area contributed by atoms with Crippen molar-refractivity contribution in [1.29, 1.82) is 0 Å². The van der Waals surface area contributed by atoms with E-state index in [1.807, 2.05) is 31.2 Å². The number of furan rings is 1. The quantitative estimate of drug-likeness (QED) is 0.862. The van der Waals surface area contributed by atoms with Gasteiger partial charge >= 0.3 is 0 Å². The molecule has 17 heavy (non-hydrogen) atoms. The lowest BCUT2D eigenvalue weighted by atomic mass is 10.0.